The Morgan fingerprint density at radius 1 is 0.375 bits per heavy atom. The predicted octanol–water partition coefficient (Wildman–Crippen LogP) is 15.3. The molecule has 0 atom stereocenters. The smallest absolute Gasteiger partial charge is 0.238 e. The Balaban J connectivity index is 1.07. The standard InChI is InChI=1S/C57H33N5OS/c1-3-14-34(15-4-1)36-26-31-48-45(32-36)40-28-27-37(33-49(40)63-48)61-46-22-10-7-18-38(46)41-29-30-42-39-19-8-11-23-47(39)62(54(42)53(41)61)57-59-55(35-16-5-2-6-17-35)58-56(60-57)44-21-13-25-51-52(44)43-20-9-12-24-50(43)64-51/h1-33H. The maximum absolute atomic E-state index is 6.65. The fourth-order valence-corrected chi connectivity index (χ4v) is 11.1. The molecule has 14 aromatic rings. The van der Waals surface area contributed by atoms with E-state index < -0.39 is 0 Å². The normalized spacial score (nSPS) is 12.1. The lowest BCUT2D eigenvalue weighted by Gasteiger charge is -2.13. The molecule has 0 unspecified atom stereocenters. The summed E-state index contributed by atoms with van der Waals surface area (Å²) in [5.41, 5.74) is 11.1. The average Bonchev–Trinajstić information content (AvgIpc) is 4.11. The van der Waals surface area contributed by atoms with E-state index in [1.165, 1.54) is 20.3 Å². The highest BCUT2D eigenvalue weighted by molar-refractivity contribution is 7.25. The topological polar surface area (TPSA) is 61.7 Å². The SMILES string of the molecule is c1ccc(-c2ccc3oc4cc(-n5c6ccccc6c6ccc7c8ccccc8n(-c8nc(-c9ccccc9)nc(-c9cccc%10sc%11ccccc%11c9%10)n8)c7c65)ccc4c3c2)cc1. The van der Waals surface area contributed by atoms with Gasteiger partial charge in [0.1, 0.15) is 11.2 Å². The monoisotopic (exact) mass is 835 g/mol. The van der Waals surface area contributed by atoms with Crippen LogP contribution < -0.4 is 0 Å². The van der Waals surface area contributed by atoms with Crippen molar-refractivity contribution in [2.45, 2.75) is 0 Å². The molecule has 0 aliphatic heterocycles. The first-order valence-corrected chi connectivity index (χ1v) is 22.3. The summed E-state index contributed by atoms with van der Waals surface area (Å²) < 4.78 is 13.7. The van der Waals surface area contributed by atoms with Crippen molar-refractivity contribution in [1.82, 2.24) is 24.1 Å². The molecular formula is C57H33N5OS. The number of furan rings is 1. The predicted molar refractivity (Wildman–Crippen MR) is 265 cm³/mol. The maximum Gasteiger partial charge on any atom is 0.238 e. The van der Waals surface area contributed by atoms with Gasteiger partial charge in [-0.3, -0.25) is 4.57 Å². The molecule has 0 N–H and O–H groups in total. The fourth-order valence-electron chi connectivity index (χ4n) is 9.95. The van der Waals surface area contributed by atoms with Gasteiger partial charge >= 0.3 is 0 Å². The van der Waals surface area contributed by atoms with Gasteiger partial charge in [-0.2, -0.15) is 9.97 Å². The quantitative estimate of drug-likeness (QED) is 0.173. The van der Waals surface area contributed by atoms with Gasteiger partial charge < -0.3 is 8.98 Å². The van der Waals surface area contributed by atoms with Crippen molar-refractivity contribution in [1.29, 1.82) is 0 Å². The van der Waals surface area contributed by atoms with Crippen LogP contribution in [0.3, 0.4) is 0 Å². The summed E-state index contributed by atoms with van der Waals surface area (Å²) in [4.78, 5) is 16.1. The number of thiophene rings is 1. The number of hydrogen-bond acceptors (Lipinski definition) is 5. The number of benzene rings is 9. The highest BCUT2D eigenvalue weighted by atomic mass is 32.1. The van der Waals surface area contributed by atoms with Crippen LogP contribution in [0, 0.1) is 0 Å². The Kier molecular flexibility index (Phi) is 7.46. The van der Waals surface area contributed by atoms with E-state index >= 15 is 0 Å². The molecule has 0 aliphatic carbocycles. The number of aromatic nitrogens is 5. The van der Waals surface area contributed by atoms with E-state index in [0.717, 1.165) is 93.3 Å². The van der Waals surface area contributed by atoms with Gasteiger partial charge in [-0.15, -0.1) is 11.3 Å². The third kappa shape index (κ3) is 5.16. The Labute approximate surface area is 369 Å². The van der Waals surface area contributed by atoms with Gasteiger partial charge in [-0.1, -0.05) is 146 Å². The van der Waals surface area contributed by atoms with E-state index in [0.29, 0.717) is 17.6 Å². The number of rotatable bonds is 5. The first-order chi connectivity index (χ1) is 31.7. The molecule has 5 aromatic heterocycles. The lowest BCUT2D eigenvalue weighted by Crippen LogP contribution is -2.07. The number of para-hydroxylation sites is 2. The summed E-state index contributed by atoms with van der Waals surface area (Å²) in [6.07, 6.45) is 0. The Morgan fingerprint density at radius 2 is 1.00 bits per heavy atom. The van der Waals surface area contributed by atoms with Crippen LogP contribution in [-0.2, 0) is 0 Å². The van der Waals surface area contributed by atoms with Crippen LogP contribution in [0.15, 0.2) is 205 Å². The van der Waals surface area contributed by atoms with Crippen LogP contribution in [0.1, 0.15) is 0 Å². The minimum absolute atomic E-state index is 0.554. The van der Waals surface area contributed by atoms with Crippen LogP contribution in [0.25, 0.3) is 131 Å². The summed E-state index contributed by atoms with van der Waals surface area (Å²) >= 11 is 1.79. The Morgan fingerprint density at radius 3 is 1.78 bits per heavy atom. The zero-order chi connectivity index (χ0) is 41.9. The summed E-state index contributed by atoms with van der Waals surface area (Å²) in [6, 6.07) is 70.7. The molecule has 64 heavy (non-hydrogen) atoms. The van der Waals surface area contributed by atoms with E-state index in [-0.39, 0.29) is 0 Å². The first kappa shape index (κ1) is 35.2. The van der Waals surface area contributed by atoms with Gasteiger partial charge in [0.2, 0.25) is 5.95 Å². The highest BCUT2D eigenvalue weighted by Gasteiger charge is 2.25. The van der Waals surface area contributed by atoms with Crippen LogP contribution >= 0.6 is 11.3 Å². The fraction of sp³-hybridized carbons (Fsp3) is 0. The second kappa shape index (κ2) is 13.6. The van der Waals surface area contributed by atoms with Crippen LogP contribution in [0.4, 0.5) is 0 Å². The van der Waals surface area contributed by atoms with Crippen LogP contribution in [0.5, 0.6) is 0 Å². The number of nitrogens with zero attached hydrogens (tertiary/aromatic N) is 5. The van der Waals surface area contributed by atoms with E-state index in [9.17, 15) is 0 Å². The minimum Gasteiger partial charge on any atom is -0.456 e. The molecule has 0 spiro atoms. The van der Waals surface area contributed by atoms with E-state index in [1.807, 2.05) is 18.2 Å². The molecule has 6 nitrogen and oxygen atoms in total. The molecule has 0 bridgehead atoms. The highest BCUT2D eigenvalue weighted by Crippen LogP contribution is 2.44. The molecular weight excluding hydrogens is 803 g/mol. The molecule has 298 valence electrons. The zero-order valence-corrected chi connectivity index (χ0v) is 34.9. The second-order valence-electron chi connectivity index (χ2n) is 16.3. The lowest BCUT2D eigenvalue weighted by atomic mass is 10.0. The van der Waals surface area contributed by atoms with Crippen LogP contribution in [0.2, 0.25) is 0 Å². The molecule has 5 heterocycles. The van der Waals surface area contributed by atoms with Gasteiger partial charge in [0.15, 0.2) is 11.6 Å². The van der Waals surface area contributed by atoms with Gasteiger partial charge in [-0.05, 0) is 59.7 Å². The van der Waals surface area contributed by atoms with Crippen molar-refractivity contribution in [3.8, 4) is 45.5 Å². The van der Waals surface area contributed by atoms with E-state index in [4.69, 9.17) is 19.4 Å². The Bertz CT molecular complexity index is 4200. The number of fused-ring (bicyclic) bond motifs is 13. The summed E-state index contributed by atoms with van der Waals surface area (Å²) in [5, 5.41) is 9.05. The van der Waals surface area contributed by atoms with Crippen molar-refractivity contribution in [3.05, 3.63) is 200 Å². The molecule has 0 aliphatic rings. The number of hydrogen-bond donors (Lipinski definition) is 0. The van der Waals surface area contributed by atoms with Gasteiger partial charge in [0.05, 0.1) is 27.8 Å². The van der Waals surface area contributed by atoms with Crippen LogP contribution in [-0.4, -0.2) is 24.1 Å². The molecule has 0 fully saturated rings. The van der Waals surface area contributed by atoms with Crippen molar-refractivity contribution in [2.75, 3.05) is 0 Å². The average molecular weight is 836 g/mol. The van der Waals surface area contributed by atoms with Crippen molar-refractivity contribution in [2.24, 2.45) is 0 Å². The minimum atomic E-state index is 0.554. The lowest BCUT2D eigenvalue weighted by molar-refractivity contribution is 0.668. The van der Waals surface area contributed by atoms with Crippen molar-refractivity contribution >= 4 is 97.1 Å². The molecule has 0 amide bonds. The molecule has 7 heteroatoms. The van der Waals surface area contributed by atoms with E-state index in [2.05, 4.69) is 191 Å². The summed E-state index contributed by atoms with van der Waals surface area (Å²) in [6.45, 7) is 0. The van der Waals surface area contributed by atoms with Gasteiger partial charge in [0.25, 0.3) is 0 Å². The Hall–Kier alpha value is -8.39. The summed E-state index contributed by atoms with van der Waals surface area (Å²) in [7, 11) is 0. The summed E-state index contributed by atoms with van der Waals surface area (Å²) in [5.74, 6) is 1.79. The van der Waals surface area contributed by atoms with Gasteiger partial charge in [0, 0.05) is 69.7 Å². The maximum atomic E-state index is 6.65. The largest absolute Gasteiger partial charge is 0.456 e. The molecule has 0 radical (unpaired) electrons. The second-order valence-corrected chi connectivity index (χ2v) is 17.4. The first-order valence-electron chi connectivity index (χ1n) is 21.4. The molecule has 9 aromatic carbocycles. The van der Waals surface area contributed by atoms with Gasteiger partial charge in [-0.25, -0.2) is 4.98 Å². The van der Waals surface area contributed by atoms with Crippen molar-refractivity contribution in [3.63, 3.8) is 0 Å². The third-order valence-corrected chi connectivity index (χ3v) is 13.9. The zero-order valence-electron chi connectivity index (χ0n) is 34.1. The molecule has 14 rings (SSSR count). The third-order valence-electron chi connectivity index (χ3n) is 12.8. The molecule has 0 saturated heterocycles. The van der Waals surface area contributed by atoms with E-state index in [1.54, 1.807) is 11.3 Å². The molecule has 0 saturated carbocycles. The van der Waals surface area contributed by atoms with Crippen molar-refractivity contribution < 1.29 is 4.42 Å².